The van der Waals surface area contributed by atoms with Gasteiger partial charge in [0.05, 0.1) is 12.2 Å². The third-order valence-corrected chi connectivity index (χ3v) is 7.66. The fraction of sp³-hybridized carbons (Fsp3) is 0.222. The molecule has 208 valence electrons. The van der Waals surface area contributed by atoms with Crippen molar-refractivity contribution in [3.05, 3.63) is 78.0 Å². The number of nitrogens with zero attached hydrogens (tertiary/aromatic N) is 3. The van der Waals surface area contributed by atoms with Gasteiger partial charge in [-0.25, -0.2) is 12.8 Å². The third kappa shape index (κ3) is 6.30. The van der Waals surface area contributed by atoms with Crippen LogP contribution in [0.1, 0.15) is 25.1 Å². The Kier molecular flexibility index (Phi) is 8.22. The molecule has 0 fully saturated rings. The Morgan fingerprint density at radius 1 is 1.12 bits per heavy atom. The van der Waals surface area contributed by atoms with Gasteiger partial charge in [-0.2, -0.15) is 17.5 Å². The first-order chi connectivity index (χ1) is 18.9. The Bertz CT molecular complexity index is 1710. The molecule has 3 heterocycles. The summed E-state index contributed by atoms with van der Waals surface area (Å²) in [5.41, 5.74) is 0.374. The van der Waals surface area contributed by atoms with Crippen LogP contribution in [0.25, 0.3) is 22.2 Å². The Labute approximate surface area is 227 Å². The number of aromatic nitrogens is 2. The molecule has 0 radical (unpaired) electrons. The molecule has 1 aromatic carbocycles. The largest absolute Gasteiger partial charge is 0.443 e. The average molecular weight is 575 g/mol. The number of carbonyl (C=O) groups is 1. The number of furan rings is 1. The van der Waals surface area contributed by atoms with E-state index in [-0.39, 0.29) is 24.1 Å². The van der Waals surface area contributed by atoms with Gasteiger partial charge in [-0.3, -0.25) is 14.8 Å². The third-order valence-electron chi connectivity index (χ3n) is 5.88. The summed E-state index contributed by atoms with van der Waals surface area (Å²) in [6.07, 6.45) is -2.09. The summed E-state index contributed by atoms with van der Waals surface area (Å²) in [4.78, 5) is 20.6. The molecule has 0 saturated carbocycles. The lowest BCUT2D eigenvalue weighted by Gasteiger charge is -2.24. The van der Waals surface area contributed by atoms with Crippen molar-refractivity contribution in [2.24, 2.45) is 0 Å². The summed E-state index contributed by atoms with van der Waals surface area (Å²) in [7, 11) is -4.35. The fourth-order valence-corrected chi connectivity index (χ4v) is 5.19. The molecule has 1 N–H and O–H groups in total. The first kappa shape index (κ1) is 28.7. The predicted octanol–water partition coefficient (Wildman–Crippen LogP) is 4.77. The number of rotatable bonds is 8. The maximum absolute atomic E-state index is 13.6. The molecule has 3 aromatic heterocycles. The average Bonchev–Trinajstić information content (AvgIpc) is 3.36. The number of benzene rings is 1. The number of halogens is 4. The molecule has 13 heteroatoms. The number of sulfonamides is 1. The van der Waals surface area contributed by atoms with Crippen LogP contribution in [0.3, 0.4) is 0 Å². The van der Waals surface area contributed by atoms with Gasteiger partial charge >= 0.3 is 6.18 Å². The van der Waals surface area contributed by atoms with Crippen LogP contribution in [0.2, 0.25) is 0 Å². The first-order valence-electron chi connectivity index (χ1n) is 11.8. The first-order valence-corrected chi connectivity index (χ1v) is 13.2. The lowest BCUT2D eigenvalue weighted by molar-refractivity contribution is -0.141. The molecular formula is C27H22F4N4O4S. The van der Waals surface area contributed by atoms with Crippen molar-refractivity contribution in [3.63, 3.8) is 0 Å². The zero-order chi connectivity index (χ0) is 29.1. The van der Waals surface area contributed by atoms with Crippen LogP contribution >= 0.6 is 0 Å². The van der Waals surface area contributed by atoms with Crippen LogP contribution in [0.15, 0.2) is 70.4 Å². The molecule has 0 bridgehead atoms. The minimum Gasteiger partial charge on any atom is -0.443 e. The summed E-state index contributed by atoms with van der Waals surface area (Å²) in [5, 5.41) is 2.44. The highest BCUT2D eigenvalue weighted by atomic mass is 32.2. The van der Waals surface area contributed by atoms with Crippen LogP contribution in [-0.4, -0.2) is 41.2 Å². The number of hydrogen-bond acceptors (Lipinski definition) is 6. The lowest BCUT2D eigenvalue weighted by Crippen LogP contribution is -2.47. The van der Waals surface area contributed by atoms with E-state index in [4.69, 9.17) is 4.42 Å². The number of nitrogens with one attached hydrogen (secondary N) is 1. The predicted molar refractivity (Wildman–Crippen MR) is 137 cm³/mol. The van der Waals surface area contributed by atoms with Crippen molar-refractivity contribution in [2.45, 2.75) is 37.7 Å². The van der Waals surface area contributed by atoms with E-state index in [2.05, 4.69) is 27.1 Å². The van der Waals surface area contributed by atoms with Crippen LogP contribution < -0.4 is 5.32 Å². The van der Waals surface area contributed by atoms with Crippen molar-refractivity contribution >= 4 is 26.9 Å². The molecule has 1 amide bonds. The molecule has 4 rings (SSSR count). The molecule has 0 unspecified atom stereocenters. The van der Waals surface area contributed by atoms with Crippen molar-refractivity contribution < 1.29 is 35.2 Å². The zero-order valence-corrected chi connectivity index (χ0v) is 22.0. The Hall–Kier alpha value is -4.28. The fourth-order valence-electron chi connectivity index (χ4n) is 3.74. The van der Waals surface area contributed by atoms with E-state index >= 15 is 0 Å². The molecule has 0 saturated heterocycles. The smallest absolute Gasteiger partial charge is 0.433 e. The van der Waals surface area contributed by atoms with Gasteiger partial charge in [-0.05, 0) is 61.9 Å². The van der Waals surface area contributed by atoms with E-state index in [0.717, 1.165) is 28.7 Å². The standard InChI is InChI=1S/C27H22F4N4O4S/c1-3-4-11-35(40(37,38)25-14-20-13-21(28)6-7-23(20)39-25)17(2)26(36)34-15-18-9-10-32-22(12-18)19-5-8-24(33-16-19)27(29,30)31/h5-10,12-14,16-17H,11,15H2,1-2H3,(H,34,36)/t17-/m0/s1. The van der Waals surface area contributed by atoms with E-state index in [9.17, 15) is 30.8 Å². The SMILES string of the molecule is CC#CCN([C@@H](C)C(=O)NCc1ccnc(-c2ccc(C(F)(F)F)nc2)c1)S(=O)(=O)c1cc2cc(F)ccc2o1. The van der Waals surface area contributed by atoms with E-state index < -0.39 is 44.8 Å². The van der Waals surface area contributed by atoms with E-state index in [1.807, 2.05) is 0 Å². The Morgan fingerprint density at radius 2 is 1.90 bits per heavy atom. The maximum atomic E-state index is 13.6. The summed E-state index contributed by atoms with van der Waals surface area (Å²) >= 11 is 0. The summed E-state index contributed by atoms with van der Waals surface area (Å²) in [6.45, 7) is 2.58. The van der Waals surface area contributed by atoms with Gasteiger partial charge < -0.3 is 9.73 Å². The highest BCUT2D eigenvalue weighted by Gasteiger charge is 2.35. The number of fused-ring (bicyclic) bond motifs is 1. The van der Waals surface area contributed by atoms with Gasteiger partial charge in [0.15, 0.2) is 0 Å². The zero-order valence-electron chi connectivity index (χ0n) is 21.2. The summed E-state index contributed by atoms with van der Waals surface area (Å²) in [6, 6.07) is 8.80. The normalized spacial score (nSPS) is 12.7. The molecule has 0 aliphatic heterocycles. The second-order valence-corrected chi connectivity index (χ2v) is 10.4. The van der Waals surface area contributed by atoms with E-state index in [0.29, 0.717) is 16.8 Å². The molecule has 0 aliphatic carbocycles. The number of amides is 1. The van der Waals surface area contributed by atoms with Gasteiger partial charge in [-0.1, -0.05) is 5.92 Å². The Morgan fingerprint density at radius 3 is 2.58 bits per heavy atom. The quantitative estimate of drug-likeness (QED) is 0.240. The van der Waals surface area contributed by atoms with Crippen molar-refractivity contribution in [1.29, 1.82) is 0 Å². The summed E-state index contributed by atoms with van der Waals surface area (Å²) in [5.74, 6) is 4.04. The van der Waals surface area contributed by atoms with Gasteiger partial charge in [0.2, 0.25) is 11.0 Å². The summed E-state index contributed by atoms with van der Waals surface area (Å²) < 4.78 is 85.1. The van der Waals surface area contributed by atoms with Crippen LogP contribution in [0.4, 0.5) is 17.6 Å². The van der Waals surface area contributed by atoms with E-state index in [1.165, 1.54) is 38.2 Å². The highest BCUT2D eigenvalue weighted by molar-refractivity contribution is 7.89. The van der Waals surface area contributed by atoms with Gasteiger partial charge in [-0.15, -0.1) is 5.92 Å². The van der Waals surface area contributed by atoms with Gasteiger partial charge in [0.25, 0.3) is 10.0 Å². The minimum atomic E-state index is -4.57. The highest BCUT2D eigenvalue weighted by Crippen LogP contribution is 2.29. The van der Waals surface area contributed by atoms with Crippen LogP contribution in [-0.2, 0) is 27.5 Å². The second-order valence-electron chi connectivity index (χ2n) is 8.60. The minimum absolute atomic E-state index is 0.0238. The van der Waals surface area contributed by atoms with Crippen LogP contribution in [0, 0.1) is 17.7 Å². The van der Waals surface area contributed by atoms with Crippen molar-refractivity contribution in [2.75, 3.05) is 6.54 Å². The van der Waals surface area contributed by atoms with Crippen molar-refractivity contribution in [3.8, 4) is 23.1 Å². The number of pyridine rings is 2. The lowest BCUT2D eigenvalue weighted by atomic mass is 10.1. The van der Waals surface area contributed by atoms with Gasteiger partial charge in [0, 0.05) is 36.0 Å². The molecule has 0 spiro atoms. The molecule has 8 nitrogen and oxygen atoms in total. The molecule has 40 heavy (non-hydrogen) atoms. The number of alkyl halides is 3. The topological polar surface area (TPSA) is 105 Å². The second kappa shape index (κ2) is 11.4. The molecule has 4 aromatic rings. The van der Waals surface area contributed by atoms with Crippen molar-refractivity contribution in [1.82, 2.24) is 19.6 Å². The van der Waals surface area contributed by atoms with Crippen LogP contribution in [0.5, 0.6) is 0 Å². The number of hydrogen-bond donors (Lipinski definition) is 1. The Balaban J connectivity index is 1.50. The molecular weight excluding hydrogens is 552 g/mol. The number of carbonyl (C=O) groups excluding carboxylic acids is 1. The molecule has 1 atom stereocenters. The monoisotopic (exact) mass is 574 g/mol. The maximum Gasteiger partial charge on any atom is 0.433 e. The van der Waals surface area contributed by atoms with Gasteiger partial charge in [0.1, 0.15) is 23.1 Å². The van der Waals surface area contributed by atoms with E-state index in [1.54, 1.807) is 12.1 Å². The molecule has 0 aliphatic rings.